The van der Waals surface area contributed by atoms with E-state index in [1.54, 1.807) is 24.3 Å². The number of benzene rings is 1. The van der Waals surface area contributed by atoms with Gasteiger partial charge in [0.15, 0.2) is 5.84 Å². The van der Waals surface area contributed by atoms with Gasteiger partial charge in [-0.05, 0) is 0 Å². The van der Waals surface area contributed by atoms with Gasteiger partial charge < -0.3 is 0 Å². The summed E-state index contributed by atoms with van der Waals surface area (Å²) in [5, 5.41) is 19.3. The molecule has 0 fully saturated rings. The topological polar surface area (TPSA) is 87.2 Å². The Morgan fingerprint density at radius 3 is 2.29 bits per heavy atom. The Balaban J connectivity index is 2.87. The highest BCUT2D eigenvalue weighted by Gasteiger charge is 2.11. The lowest BCUT2D eigenvalue weighted by molar-refractivity contribution is 0.491. The number of hydrogen-bond donors (Lipinski definition) is 3. The third-order valence-electron chi connectivity index (χ3n) is 1.77. The van der Waals surface area contributed by atoms with Crippen LogP contribution in [0.5, 0.6) is 0 Å². The van der Waals surface area contributed by atoms with E-state index in [-0.39, 0.29) is 11.5 Å². The summed E-state index contributed by atoms with van der Waals surface area (Å²) >= 11 is 0. The van der Waals surface area contributed by atoms with Crippen LogP contribution in [0.4, 0.5) is 0 Å². The highest BCUT2D eigenvalue weighted by molar-refractivity contribution is 6.44. The van der Waals surface area contributed by atoms with E-state index in [0.29, 0.717) is 5.56 Å². The number of nitrogens with zero attached hydrogens (tertiary/aromatic N) is 2. The third-order valence-corrected chi connectivity index (χ3v) is 1.77. The van der Waals surface area contributed by atoms with Crippen LogP contribution < -0.4 is 0 Å². The summed E-state index contributed by atoms with van der Waals surface area (Å²) in [4.78, 5) is 0. The summed E-state index contributed by atoms with van der Waals surface area (Å²) in [6.07, 6.45) is 0. The van der Waals surface area contributed by atoms with Crippen LogP contribution in [0.25, 0.3) is 0 Å². The Morgan fingerprint density at radius 1 is 1.21 bits per heavy atom. The Labute approximate surface area is 81.9 Å². The summed E-state index contributed by atoms with van der Waals surface area (Å²) in [5.41, 5.74) is 7.41. The van der Waals surface area contributed by atoms with E-state index in [2.05, 4.69) is 5.22 Å². The molecule has 0 aliphatic carbocycles. The molecule has 0 saturated carbocycles. The van der Waals surface area contributed by atoms with Gasteiger partial charge in [-0.3, -0.25) is 10.8 Å². The van der Waals surface area contributed by atoms with E-state index in [0.717, 1.165) is 5.01 Å². The van der Waals surface area contributed by atoms with Gasteiger partial charge in [0.25, 0.3) is 0 Å². The van der Waals surface area contributed by atoms with Crippen molar-refractivity contribution in [2.24, 2.45) is 5.22 Å². The zero-order valence-corrected chi connectivity index (χ0v) is 7.78. The quantitative estimate of drug-likeness (QED) is 0.288. The molecule has 0 spiro atoms. The Bertz CT molecular complexity index is 357. The maximum Gasteiger partial charge on any atom is 0.168 e. The fourth-order valence-electron chi connectivity index (χ4n) is 0.953. The van der Waals surface area contributed by atoms with E-state index in [1.165, 1.54) is 7.05 Å². The molecule has 0 aromatic heterocycles. The molecule has 0 radical (unpaired) electrons. The Hall–Kier alpha value is -2.04. The van der Waals surface area contributed by atoms with Crippen molar-refractivity contribution in [3.05, 3.63) is 35.9 Å². The summed E-state index contributed by atoms with van der Waals surface area (Å²) < 4.78 is 0. The Morgan fingerprint density at radius 2 is 1.79 bits per heavy atom. The number of nitrogens with one attached hydrogen (secondary N) is 3. The van der Waals surface area contributed by atoms with Crippen molar-refractivity contribution < 1.29 is 0 Å². The van der Waals surface area contributed by atoms with Crippen LogP contribution in [0.15, 0.2) is 35.6 Å². The molecule has 0 aliphatic rings. The number of rotatable bonds is 3. The maximum absolute atomic E-state index is 7.66. The van der Waals surface area contributed by atoms with E-state index < -0.39 is 0 Å². The van der Waals surface area contributed by atoms with Crippen molar-refractivity contribution in [2.75, 3.05) is 7.05 Å². The lowest BCUT2D eigenvalue weighted by atomic mass is 10.1. The molecule has 0 aliphatic heterocycles. The van der Waals surface area contributed by atoms with Crippen molar-refractivity contribution in [3.8, 4) is 0 Å². The van der Waals surface area contributed by atoms with Crippen molar-refractivity contribution in [2.45, 2.75) is 0 Å². The fraction of sp³-hybridized carbons (Fsp3) is 0.111. The summed E-state index contributed by atoms with van der Waals surface area (Å²) in [6.45, 7) is 0. The molecule has 72 valence electrons. The molecule has 0 amide bonds. The molecule has 0 atom stereocenters. The summed E-state index contributed by atoms with van der Waals surface area (Å²) in [6, 6.07) is 8.94. The first kappa shape index (κ1) is 10.0. The van der Waals surface area contributed by atoms with Crippen molar-refractivity contribution in [1.29, 1.82) is 16.3 Å². The molecule has 5 nitrogen and oxygen atoms in total. The van der Waals surface area contributed by atoms with Crippen molar-refractivity contribution >= 4 is 11.5 Å². The standard InChI is InChI=1S/C9H11N5/c1-14(13-12)9(11)8(10)7-5-3-2-4-6-7/h2-6,10-12H,1H3. The average Bonchev–Trinajstić information content (AvgIpc) is 2.27. The van der Waals surface area contributed by atoms with Gasteiger partial charge in [-0.1, -0.05) is 35.6 Å². The number of hydrogen-bond acceptors (Lipinski definition) is 4. The van der Waals surface area contributed by atoms with Gasteiger partial charge in [0.05, 0.1) is 0 Å². The molecule has 1 aromatic carbocycles. The lowest BCUT2D eigenvalue weighted by Crippen LogP contribution is -2.28. The minimum absolute atomic E-state index is 0.0594. The molecule has 5 heteroatoms. The molecule has 1 aromatic rings. The van der Waals surface area contributed by atoms with Crippen LogP contribution in [0.2, 0.25) is 0 Å². The maximum atomic E-state index is 7.66. The molecule has 0 bridgehead atoms. The van der Waals surface area contributed by atoms with Gasteiger partial charge in [-0.15, -0.1) is 0 Å². The van der Waals surface area contributed by atoms with Crippen molar-refractivity contribution in [3.63, 3.8) is 0 Å². The third kappa shape index (κ3) is 2.01. The molecule has 3 N–H and O–H groups in total. The molecule has 0 unspecified atom stereocenters. The minimum Gasteiger partial charge on any atom is -0.296 e. The fourth-order valence-corrected chi connectivity index (χ4v) is 0.953. The summed E-state index contributed by atoms with van der Waals surface area (Å²) in [5.74, 6) is -0.0915. The number of amidine groups is 1. The molecular formula is C9H11N5. The normalized spacial score (nSPS) is 9.21. The predicted octanol–water partition coefficient (Wildman–Crippen LogP) is 1.91. The predicted molar refractivity (Wildman–Crippen MR) is 53.9 cm³/mol. The largest absolute Gasteiger partial charge is 0.296 e. The first-order valence-electron chi connectivity index (χ1n) is 4.01. The smallest absolute Gasteiger partial charge is 0.168 e. The van der Waals surface area contributed by atoms with E-state index in [9.17, 15) is 0 Å². The monoisotopic (exact) mass is 189 g/mol. The van der Waals surface area contributed by atoms with Gasteiger partial charge in [-0.2, -0.15) is 5.53 Å². The van der Waals surface area contributed by atoms with Gasteiger partial charge in [0.1, 0.15) is 5.71 Å². The minimum atomic E-state index is -0.0915. The first-order valence-corrected chi connectivity index (χ1v) is 4.01. The van der Waals surface area contributed by atoms with Crippen LogP contribution in [0, 0.1) is 16.3 Å². The van der Waals surface area contributed by atoms with E-state index >= 15 is 0 Å². The van der Waals surface area contributed by atoms with Gasteiger partial charge in [0.2, 0.25) is 0 Å². The second-order valence-corrected chi connectivity index (χ2v) is 2.71. The zero-order chi connectivity index (χ0) is 10.6. The second-order valence-electron chi connectivity index (χ2n) is 2.71. The van der Waals surface area contributed by atoms with Gasteiger partial charge in [-0.25, -0.2) is 5.01 Å². The van der Waals surface area contributed by atoms with Crippen LogP contribution in [0.3, 0.4) is 0 Å². The highest BCUT2D eigenvalue weighted by Crippen LogP contribution is 2.02. The second kappa shape index (κ2) is 4.27. The average molecular weight is 189 g/mol. The molecule has 0 heterocycles. The van der Waals surface area contributed by atoms with Crippen LogP contribution in [0.1, 0.15) is 5.56 Å². The molecular weight excluding hydrogens is 178 g/mol. The van der Waals surface area contributed by atoms with Crippen LogP contribution in [-0.2, 0) is 0 Å². The summed E-state index contributed by atoms with van der Waals surface area (Å²) in [7, 11) is 1.47. The molecule has 1 rings (SSSR count). The zero-order valence-electron chi connectivity index (χ0n) is 7.78. The Kier molecular flexibility index (Phi) is 3.06. The SMILES string of the molecule is CN(N=N)C(=N)C(=N)c1ccccc1. The van der Waals surface area contributed by atoms with Crippen molar-refractivity contribution in [1.82, 2.24) is 5.01 Å². The highest BCUT2D eigenvalue weighted by atomic mass is 15.5. The number of likely N-dealkylation sites (N-methyl/N-ethyl adjacent to an activating group) is 1. The first-order chi connectivity index (χ1) is 6.66. The van der Waals surface area contributed by atoms with E-state index in [4.69, 9.17) is 16.3 Å². The molecule has 0 saturated heterocycles. The van der Waals surface area contributed by atoms with Gasteiger partial charge in [0, 0.05) is 12.6 Å². The van der Waals surface area contributed by atoms with Gasteiger partial charge >= 0.3 is 0 Å². The van der Waals surface area contributed by atoms with Crippen LogP contribution in [-0.4, -0.2) is 23.6 Å². The molecule has 14 heavy (non-hydrogen) atoms. The lowest BCUT2D eigenvalue weighted by Gasteiger charge is -2.12. The van der Waals surface area contributed by atoms with Crippen LogP contribution >= 0.6 is 0 Å². The van der Waals surface area contributed by atoms with E-state index in [1.807, 2.05) is 6.07 Å².